The Morgan fingerprint density at radius 1 is 1.21 bits per heavy atom. The zero-order valence-corrected chi connectivity index (χ0v) is 10.9. The molecule has 0 spiro atoms. The van der Waals surface area contributed by atoms with Gasteiger partial charge in [-0.2, -0.15) is 5.26 Å². The Morgan fingerprint density at radius 3 is 2.47 bits per heavy atom. The Morgan fingerprint density at radius 2 is 1.89 bits per heavy atom. The first-order valence-corrected chi connectivity index (χ1v) is 5.93. The monoisotopic (exact) mass is 250 g/mol. The van der Waals surface area contributed by atoms with Gasteiger partial charge in [0.25, 0.3) is 0 Å². The van der Waals surface area contributed by atoms with Crippen LogP contribution in [-0.2, 0) is 0 Å². The first-order chi connectivity index (χ1) is 8.99. The lowest BCUT2D eigenvalue weighted by Gasteiger charge is -2.09. The third kappa shape index (κ3) is 3.25. The third-order valence-electron chi connectivity index (χ3n) is 2.51. The van der Waals surface area contributed by atoms with Gasteiger partial charge < -0.3 is 9.67 Å². The summed E-state index contributed by atoms with van der Waals surface area (Å²) in [7, 11) is 0. The molecule has 1 aromatic carbocycles. The van der Waals surface area contributed by atoms with Crippen LogP contribution in [0.5, 0.6) is 0 Å². The smallest absolute Gasteiger partial charge is 0.120 e. The summed E-state index contributed by atoms with van der Waals surface area (Å²) in [6.07, 6.45) is 3.83. The Balaban J connectivity index is 2.55. The lowest BCUT2D eigenvalue weighted by atomic mass is 10.1. The maximum Gasteiger partial charge on any atom is 0.120 e. The highest BCUT2D eigenvalue weighted by atomic mass is 16.3. The fourth-order valence-corrected chi connectivity index (χ4v) is 1.65. The second-order valence-electron chi connectivity index (χ2n) is 4.74. The van der Waals surface area contributed by atoms with Crippen LogP contribution in [0.2, 0.25) is 0 Å². The highest BCUT2D eigenvalue weighted by molar-refractivity contribution is 5.55. The predicted molar refractivity (Wildman–Crippen MR) is 73.7 cm³/mol. The predicted octanol–water partition coefficient (Wildman–Crippen LogP) is 2.47. The minimum absolute atomic E-state index is 0.552. The molecule has 2 aromatic rings. The Labute approximate surface area is 112 Å². The lowest BCUT2D eigenvalue weighted by Crippen LogP contribution is -2.14. The normalized spacial score (nSPS) is 10.4. The van der Waals surface area contributed by atoms with Crippen LogP contribution >= 0.6 is 0 Å². The topological polar surface area (TPSA) is 48.9 Å². The van der Waals surface area contributed by atoms with Gasteiger partial charge >= 0.3 is 0 Å². The minimum Gasteiger partial charge on any atom is -0.378 e. The van der Waals surface area contributed by atoms with Gasteiger partial charge in [0.05, 0.1) is 17.3 Å². The second kappa shape index (κ2) is 5.02. The average molecular weight is 250 g/mol. The molecule has 19 heavy (non-hydrogen) atoms. The summed E-state index contributed by atoms with van der Waals surface area (Å²) in [6.45, 7) is 3.26. The lowest BCUT2D eigenvalue weighted by molar-refractivity contribution is 0.143. The van der Waals surface area contributed by atoms with E-state index in [0.29, 0.717) is 5.56 Å². The fraction of sp³-hybridized carbons (Fsp3) is 0.188. The summed E-state index contributed by atoms with van der Waals surface area (Å²) in [6, 6.07) is 11.3. The number of rotatable bonds is 1. The van der Waals surface area contributed by atoms with Gasteiger partial charge in [0.2, 0.25) is 0 Å². The van der Waals surface area contributed by atoms with E-state index in [0.717, 1.165) is 11.3 Å². The van der Waals surface area contributed by atoms with Crippen LogP contribution in [0.4, 0.5) is 0 Å². The first kappa shape index (κ1) is 13.0. The molecule has 94 valence electrons. The molecule has 0 bridgehead atoms. The molecule has 1 N–H and O–H groups in total. The highest BCUT2D eigenvalue weighted by Crippen LogP contribution is 2.16. The van der Waals surface area contributed by atoms with Gasteiger partial charge in [-0.3, -0.25) is 0 Å². The van der Waals surface area contributed by atoms with E-state index in [9.17, 15) is 5.11 Å². The molecule has 2 rings (SSSR count). The van der Waals surface area contributed by atoms with E-state index in [2.05, 4.69) is 17.9 Å². The van der Waals surface area contributed by atoms with E-state index in [4.69, 9.17) is 5.26 Å². The van der Waals surface area contributed by atoms with Crippen LogP contribution in [0, 0.1) is 23.2 Å². The number of nitriles is 1. The molecule has 1 aromatic heterocycles. The van der Waals surface area contributed by atoms with Gasteiger partial charge in [-0.25, -0.2) is 0 Å². The second-order valence-corrected chi connectivity index (χ2v) is 4.74. The number of aliphatic hydroxyl groups is 1. The standard InChI is InChI=1S/C16H14N2O/c1-16(2,19)8-7-14-11-13(12-17)5-6-15(14)18-9-3-4-10-18/h3-6,9-11,19H,1-2H3. The number of aromatic nitrogens is 1. The maximum atomic E-state index is 9.68. The van der Waals surface area contributed by atoms with Crippen LogP contribution < -0.4 is 0 Å². The molecule has 0 fully saturated rings. The van der Waals surface area contributed by atoms with Crippen LogP contribution in [0.3, 0.4) is 0 Å². The minimum atomic E-state index is -1.06. The van der Waals surface area contributed by atoms with Crippen molar-refractivity contribution in [2.24, 2.45) is 0 Å². The SMILES string of the molecule is CC(C)(O)C#Cc1cc(C#N)ccc1-n1cccc1. The summed E-state index contributed by atoms with van der Waals surface area (Å²) in [5.41, 5.74) is 1.10. The highest BCUT2D eigenvalue weighted by Gasteiger charge is 2.08. The summed E-state index contributed by atoms with van der Waals surface area (Å²) in [5.74, 6) is 5.72. The molecule has 0 aliphatic carbocycles. The van der Waals surface area contributed by atoms with E-state index < -0.39 is 5.60 Å². The molecule has 3 nitrogen and oxygen atoms in total. The molecular formula is C16H14N2O. The fourth-order valence-electron chi connectivity index (χ4n) is 1.65. The summed E-state index contributed by atoms with van der Waals surface area (Å²) < 4.78 is 1.93. The summed E-state index contributed by atoms with van der Waals surface area (Å²) >= 11 is 0. The summed E-state index contributed by atoms with van der Waals surface area (Å²) in [4.78, 5) is 0. The van der Waals surface area contributed by atoms with Crippen molar-refractivity contribution < 1.29 is 5.11 Å². The van der Waals surface area contributed by atoms with Gasteiger partial charge in [-0.05, 0) is 44.2 Å². The zero-order chi connectivity index (χ0) is 13.9. The van der Waals surface area contributed by atoms with E-state index in [1.165, 1.54) is 0 Å². The van der Waals surface area contributed by atoms with Crippen LogP contribution in [0.25, 0.3) is 5.69 Å². The van der Waals surface area contributed by atoms with Crippen LogP contribution in [0.1, 0.15) is 25.0 Å². The molecule has 0 unspecified atom stereocenters. The van der Waals surface area contributed by atoms with Gasteiger partial charge in [-0.1, -0.05) is 11.8 Å². The molecule has 0 atom stereocenters. The molecule has 0 saturated heterocycles. The van der Waals surface area contributed by atoms with Crippen molar-refractivity contribution in [3.63, 3.8) is 0 Å². The van der Waals surface area contributed by atoms with E-state index >= 15 is 0 Å². The molecular weight excluding hydrogens is 236 g/mol. The van der Waals surface area contributed by atoms with Crippen molar-refractivity contribution in [3.8, 4) is 23.6 Å². The van der Waals surface area contributed by atoms with E-state index in [1.807, 2.05) is 35.2 Å². The molecule has 1 heterocycles. The van der Waals surface area contributed by atoms with Crippen molar-refractivity contribution in [2.75, 3.05) is 0 Å². The number of hydrogen-bond acceptors (Lipinski definition) is 2. The van der Waals surface area contributed by atoms with Gasteiger partial charge in [0.1, 0.15) is 5.60 Å². The summed E-state index contributed by atoms with van der Waals surface area (Å²) in [5, 5.41) is 18.6. The van der Waals surface area contributed by atoms with Crippen molar-refractivity contribution in [2.45, 2.75) is 19.4 Å². The van der Waals surface area contributed by atoms with Gasteiger partial charge in [0.15, 0.2) is 0 Å². The van der Waals surface area contributed by atoms with Crippen molar-refractivity contribution >= 4 is 0 Å². The number of nitrogens with zero attached hydrogens (tertiary/aromatic N) is 2. The number of hydrogen-bond donors (Lipinski definition) is 1. The Hall–Kier alpha value is -2.49. The first-order valence-electron chi connectivity index (χ1n) is 5.93. The third-order valence-corrected chi connectivity index (χ3v) is 2.51. The molecule has 0 aliphatic heterocycles. The Kier molecular flexibility index (Phi) is 3.42. The van der Waals surface area contributed by atoms with Crippen molar-refractivity contribution in [3.05, 3.63) is 53.9 Å². The molecule has 0 radical (unpaired) electrons. The zero-order valence-electron chi connectivity index (χ0n) is 10.9. The van der Waals surface area contributed by atoms with Crippen LogP contribution in [-0.4, -0.2) is 15.3 Å². The van der Waals surface area contributed by atoms with E-state index in [1.54, 1.807) is 26.0 Å². The van der Waals surface area contributed by atoms with Crippen molar-refractivity contribution in [1.82, 2.24) is 4.57 Å². The largest absolute Gasteiger partial charge is 0.378 e. The quantitative estimate of drug-likeness (QED) is 0.790. The van der Waals surface area contributed by atoms with Gasteiger partial charge in [-0.15, -0.1) is 0 Å². The van der Waals surface area contributed by atoms with Crippen LogP contribution in [0.15, 0.2) is 42.7 Å². The number of benzene rings is 1. The molecule has 3 heteroatoms. The average Bonchev–Trinajstić information content (AvgIpc) is 2.88. The molecule has 0 amide bonds. The molecule has 0 saturated carbocycles. The molecule has 0 aliphatic rings. The van der Waals surface area contributed by atoms with Gasteiger partial charge in [0, 0.05) is 18.0 Å². The maximum absolute atomic E-state index is 9.68. The van der Waals surface area contributed by atoms with E-state index in [-0.39, 0.29) is 0 Å². The Bertz CT molecular complexity index is 674. The van der Waals surface area contributed by atoms with Crippen molar-refractivity contribution in [1.29, 1.82) is 5.26 Å².